The minimum atomic E-state index is 0.488. The molecule has 0 N–H and O–H groups in total. The molecule has 2 unspecified atom stereocenters. The lowest BCUT2D eigenvalue weighted by Gasteiger charge is -2.13. The average molecular weight is 421 g/mol. The zero-order chi connectivity index (χ0) is 18.0. The fourth-order valence-electron chi connectivity index (χ4n) is 4.48. The first kappa shape index (κ1) is 16.6. The minimum Gasteiger partial charge on any atom is -0.118 e. The Bertz CT molecular complexity index is 1130. The van der Waals surface area contributed by atoms with E-state index in [1.54, 1.807) is 0 Å². The summed E-state index contributed by atoms with van der Waals surface area (Å²) in [5.41, 5.74) is 8.63. The van der Waals surface area contributed by atoms with E-state index in [0.29, 0.717) is 11.2 Å². The van der Waals surface area contributed by atoms with Gasteiger partial charge in [0.25, 0.3) is 0 Å². The van der Waals surface area contributed by atoms with E-state index < -0.39 is 0 Å². The van der Waals surface area contributed by atoms with Crippen LogP contribution in [0.1, 0.15) is 49.8 Å². The Morgan fingerprint density at radius 2 is 1.96 bits per heavy atom. The molecule has 0 spiro atoms. The highest BCUT2D eigenvalue weighted by molar-refractivity contribution is 9.10. The predicted molar refractivity (Wildman–Crippen MR) is 118 cm³/mol. The van der Waals surface area contributed by atoms with Crippen LogP contribution >= 0.6 is 27.7 Å². The van der Waals surface area contributed by atoms with E-state index in [9.17, 15) is 0 Å². The van der Waals surface area contributed by atoms with Crippen LogP contribution in [0, 0.1) is 0 Å². The van der Waals surface area contributed by atoms with E-state index in [4.69, 9.17) is 0 Å². The standard InChI is InChI=1S/C24H21BrS/c1-13-10-21-20(12-22-23(24(21)25)14(2)15(3)26-22)19(13)11-17-9-8-16-6-4-5-7-18(16)17/h4-10,12,15,17H,11H2,1-3H3. The van der Waals surface area contributed by atoms with Gasteiger partial charge in [0.15, 0.2) is 0 Å². The quantitative estimate of drug-likeness (QED) is 0.583. The van der Waals surface area contributed by atoms with Crippen molar-refractivity contribution in [3.63, 3.8) is 0 Å². The monoisotopic (exact) mass is 420 g/mol. The van der Waals surface area contributed by atoms with Gasteiger partial charge in [0.05, 0.1) is 0 Å². The molecule has 2 aromatic carbocycles. The smallest absolute Gasteiger partial charge is 0.0337 e. The molecule has 0 saturated heterocycles. The Labute approximate surface area is 167 Å². The maximum absolute atomic E-state index is 3.94. The summed E-state index contributed by atoms with van der Waals surface area (Å²) in [5.74, 6) is 0.488. The summed E-state index contributed by atoms with van der Waals surface area (Å²) in [6.07, 6.45) is 8.11. The van der Waals surface area contributed by atoms with Gasteiger partial charge in [0.2, 0.25) is 0 Å². The summed E-state index contributed by atoms with van der Waals surface area (Å²) in [6.45, 7) is 6.85. The second kappa shape index (κ2) is 6.00. The first-order valence-electron chi connectivity index (χ1n) is 9.23. The van der Waals surface area contributed by atoms with Crippen LogP contribution in [0.4, 0.5) is 0 Å². The van der Waals surface area contributed by atoms with Crippen molar-refractivity contribution in [3.05, 3.63) is 73.6 Å². The Morgan fingerprint density at radius 1 is 1.15 bits per heavy atom. The molecule has 1 aliphatic heterocycles. The van der Waals surface area contributed by atoms with Crippen LogP contribution in [0.15, 0.2) is 51.3 Å². The van der Waals surface area contributed by atoms with Crippen LogP contribution in [0.2, 0.25) is 0 Å². The fourth-order valence-corrected chi connectivity index (χ4v) is 6.71. The summed E-state index contributed by atoms with van der Waals surface area (Å²) in [4.78, 5) is 1.43. The highest BCUT2D eigenvalue weighted by atomic mass is 79.9. The summed E-state index contributed by atoms with van der Waals surface area (Å²) in [7, 11) is 0. The van der Waals surface area contributed by atoms with Crippen molar-refractivity contribution in [2.75, 3.05) is 0 Å². The average Bonchev–Trinajstić information content (AvgIpc) is 3.26. The SMILES string of the molecule is CC1=Cc2c(Br)c3c(cc2=C1CC1C=Cc2ccccc21)SC(C)C=3C. The zero-order valence-electron chi connectivity index (χ0n) is 15.3. The number of benzene rings is 2. The lowest BCUT2D eigenvalue weighted by molar-refractivity contribution is 0.889. The van der Waals surface area contributed by atoms with Gasteiger partial charge in [-0.1, -0.05) is 42.0 Å². The van der Waals surface area contributed by atoms with Gasteiger partial charge in [-0.25, -0.2) is 0 Å². The maximum Gasteiger partial charge on any atom is 0.0337 e. The second-order valence-corrected chi connectivity index (χ2v) is 9.75. The Hall–Kier alpha value is -1.51. The lowest BCUT2D eigenvalue weighted by Crippen LogP contribution is -2.18. The third-order valence-electron chi connectivity index (χ3n) is 6.07. The van der Waals surface area contributed by atoms with E-state index in [0.717, 1.165) is 6.42 Å². The summed E-state index contributed by atoms with van der Waals surface area (Å²) in [6, 6.07) is 11.2. The number of allylic oxidation sites excluding steroid dienone is 2. The van der Waals surface area contributed by atoms with E-state index in [-0.39, 0.29) is 0 Å². The molecular weight excluding hydrogens is 400 g/mol. The Morgan fingerprint density at radius 3 is 2.81 bits per heavy atom. The van der Waals surface area contributed by atoms with Gasteiger partial charge < -0.3 is 0 Å². The highest BCUT2D eigenvalue weighted by Crippen LogP contribution is 2.39. The highest BCUT2D eigenvalue weighted by Gasteiger charge is 2.26. The second-order valence-electron chi connectivity index (χ2n) is 7.57. The molecule has 1 heterocycles. The largest absolute Gasteiger partial charge is 0.118 e. The third-order valence-corrected chi connectivity index (χ3v) is 8.17. The molecule has 5 rings (SSSR count). The molecule has 3 aliphatic rings. The number of hydrogen-bond acceptors (Lipinski definition) is 1. The maximum atomic E-state index is 3.94. The van der Waals surface area contributed by atoms with E-state index >= 15 is 0 Å². The zero-order valence-corrected chi connectivity index (χ0v) is 17.7. The summed E-state index contributed by atoms with van der Waals surface area (Å²) >= 11 is 5.93. The molecule has 0 fully saturated rings. The molecular formula is C24H21BrS. The Balaban J connectivity index is 1.66. The van der Waals surface area contributed by atoms with Crippen LogP contribution < -0.4 is 10.4 Å². The number of rotatable bonds is 2. The first-order chi connectivity index (χ1) is 12.5. The molecule has 0 amide bonds. The van der Waals surface area contributed by atoms with Gasteiger partial charge in [0, 0.05) is 25.8 Å². The molecule has 2 aromatic rings. The number of halogens is 1. The molecule has 2 atom stereocenters. The van der Waals surface area contributed by atoms with Crippen LogP contribution in [-0.4, -0.2) is 5.25 Å². The normalized spacial score (nSPS) is 22.5. The van der Waals surface area contributed by atoms with Crippen molar-refractivity contribution in [2.45, 2.75) is 43.3 Å². The van der Waals surface area contributed by atoms with Crippen molar-refractivity contribution >= 4 is 51.0 Å². The van der Waals surface area contributed by atoms with Crippen LogP contribution in [-0.2, 0) is 0 Å². The third kappa shape index (κ3) is 2.35. The first-order valence-corrected chi connectivity index (χ1v) is 10.9. The lowest BCUT2D eigenvalue weighted by atomic mass is 9.91. The molecule has 0 saturated carbocycles. The molecule has 130 valence electrons. The van der Waals surface area contributed by atoms with Gasteiger partial charge >= 0.3 is 0 Å². The molecule has 0 aromatic heterocycles. The van der Waals surface area contributed by atoms with Crippen molar-refractivity contribution in [1.82, 2.24) is 0 Å². The predicted octanol–water partition coefficient (Wildman–Crippen LogP) is 5.88. The number of thioether (sulfide) groups is 1. The van der Waals surface area contributed by atoms with Gasteiger partial charge in [-0.05, 0) is 88.3 Å². The molecule has 26 heavy (non-hydrogen) atoms. The Kier molecular flexibility index (Phi) is 3.84. The van der Waals surface area contributed by atoms with Gasteiger partial charge in [-0.15, -0.1) is 11.8 Å². The molecule has 0 bridgehead atoms. The topological polar surface area (TPSA) is 0 Å². The van der Waals surface area contributed by atoms with E-state index in [1.807, 2.05) is 11.8 Å². The number of hydrogen-bond donors (Lipinski definition) is 0. The molecule has 0 radical (unpaired) electrons. The van der Waals surface area contributed by atoms with Crippen molar-refractivity contribution in [2.24, 2.45) is 0 Å². The van der Waals surface area contributed by atoms with Crippen molar-refractivity contribution < 1.29 is 0 Å². The van der Waals surface area contributed by atoms with Gasteiger partial charge in [-0.2, -0.15) is 0 Å². The summed E-state index contributed by atoms with van der Waals surface area (Å²) < 4.78 is 1.29. The number of fused-ring (bicyclic) bond motifs is 3. The van der Waals surface area contributed by atoms with Crippen LogP contribution in [0.5, 0.6) is 0 Å². The van der Waals surface area contributed by atoms with Gasteiger partial charge in [-0.3, -0.25) is 0 Å². The van der Waals surface area contributed by atoms with E-state index in [2.05, 4.69) is 85.3 Å². The molecule has 0 nitrogen and oxygen atoms in total. The van der Waals surface area contributed by atoms with E-state index in [1.165, 1.54) is 53.2 Å². The minimum absolute atomic E-state index is 0.488. The van der Waals surface area contributed by atoms with Crippen LogP contribution in [0.3, 0.4) is 0 Å². The van der Waals surface area contributed by atoms with Crippen LogP contribution in [0.25, 0.3) is 23.3 Å². The molecule has 2 aliphatic carbocycles. The molecule has 2 heteroatoms. The van der Waals surface area contributed by atoms with Crippen molar-refractivity contribution in [1.29, 1.82) is 0 Å². The fraction of sp³-hybridized carbons (Fsp3) is 0.250. The summed E-state index contributed by atoms with van der Waals surface area (Å²) in [5, 5.41) is 3.43. The van der Waals surface area contributed by atoms with Gasteiger partial charge in [0.1, 0.15) is 0 Å². The van der Waals surface area contributed by atoms with Crippen molar-refractivity contribution in [3.8, 4) is 0 Å².